The van der Waals surface area contributed by atoms with Crippen LogP contribution in [0, 0.1) is 6.92 Å². The molecule has 28 heavy (non-hydrogen) atoms. The van der Waals surface area contributed by atoms with Gasteiger partial charge in [-0.2, -0.15) is 4.98 Å². The second-order valence-electron chi connectivity index (χ2n) is 7.43. The zero-order valence-corrected chi connectivity index (χ0v) is 16.7. The largest absolute Gasteiger partial charge is 0.467 e. The summed E-state index contributed by atoms with van der Waals surface area (Å²) in [6, 6.07) is 7.75. The van der Waals surface area contributed by atoms with Crippen molar-refractivity contribution < 1.29 is 14.6 Å². The standard InChI is InChI=1S/C21H28N4O3/c1-15-7-8-16(25(2)18-9-12-22-20(24-18)28-3)13-17(15)19(26)23-14-21(27)10-5-4-6-11-21/h7-9,12-13,27H,4-6,10-11,14H2,1-3H3,(H,23,26). The predicted octanol–water partition coefficient (Wildman–Crippen LogP) is 2.99. The molecule has 1 heterocycles. The van der Waals surface area contributed by atoms with Crippen molar-refractivity contribution in [1.29, 1.82) is 0 Å². The molecular formula is C21H28N4O3. The fraction of sp³-hybridized carbons (Fsp3) is 0.476. The van der Waals surface area contributed by atoms with E-state index < -0.39 is 5.60 Å². The fourth-order valence-corrected chi connectivity index (χ4v) is 3.54. The summed E-state index contributed by atoms with van der Waals surface area (Å²) in [5.41, 5.74) is 1.51. The van der Waals surface area contributed by atoms with E-state index in [1.165, 1.54) is 7.11 Å². The minimum Gasteiger partial charge on any atom is -0.467 e. The zero-order valence-electron chi connectivity index (χ0n) is 16.7. The van der Waals surface area contributed by atoms with Crippen molar-refractivity contribution in [1.82, 2.24) is 15.3 Å². The molecule has 0 saturated heterocycles. The van der Waals surface area contributed by atoms with E-state index in [2.05, 4.69) is 15.3 Å². The first-order valence-corrected chi connectivity index (χ1v) is 9.64. The molecule has 1 aromatic carbocycles. The van der Waals surface area contributed by atoms with E-state index in [9.17, 15) is 9.90 Å². The Hall–Kier alpha value is -2.67. The van der Waals surface area contributed by atoms with E-state index >= 15 is 0 Å². The molecule has 1 saturated carbocycles. The molecule has 0 atom stereocenters. The van der Waals surface area contributed by atoms with Crippen molar-refractivity contribution in [3.63, 3.8) is 0 Å². The monoisotopic (exact) mass is 384 g/mol. The van der Waals surface area contributed by atoms with Crippen LogP contribution in [0.15, 0.2) is 30.5 Å². The first-order valence-electron chi connectivity index (χ1n) is 9.64. The van der Waals surface area contributed by atoms with Gasteiger partial charge in [0.15, 0.2) is 0 Å². The number of anilines is 2. The molecule has 2 N–H and O–H groups in total. The van der Waals surface area contributed by atoms with Gasteiger partial charge in [0.25, 0.3) is 5.91 Å². The lowest BCUT2D eigenvalue weighted by Gasteiger charge is -2.32. The number of benzene rings is 1. The van der Waals surface area contributed by atoms with Crippen molar-refractivity contribution in [2.45, 2.75) is 44.6 Å². The van der Waals surface area contributed by atoms with Crippen LogP contribution in [0.1, 0.15) is 48.0 Å². The van der Waals surface area contributed by atoms with Crippen LogP contribution in [-0.4, -0.2) is 47.3 Å². The van der Waals surface area contributed by atoms with Crippen LogP contribution in [0.2, 0.25) is 0 Å². The van der Waals surface area contributed by atoms with Gasteiger partial charge in [-0.25, -0.2) is 4.98 Å². The number of carbonyl (C=O) groups excluding carboxylic acids is 1. The molecule has 1 aromatic heterocycles. The lowest BCUT2D eigenvalue weighted by molar-refractivity contribution is 0.00525. The summed E-state index contributed by atoms with van der Waals surface area (Å²) in [5.74, 6) is 0.491. The van der Waals surface area contributed by atoms with Crippen molar-refractivity contribution >= 4 is 17.4 Å². The molecule has 2 aromatic rings. The molecule has 3 rings (SSSR count). The van der Waals surface area contributed by atoms with Gasteiger partial charge in [0.2, 0.25) is 0 Å². The average molecular weight is 384 g/mol. The molecule has 1 amide bonds. The predicted molar refractivity (Wildman–Crippen MR) is 108 cm³/mol. The first-order chi connectivity index (χ1) is 13.4. The third-order valence-electron chi connectivity index (χ3n) is 5.36. The number of nitrogens with zero attached hydrogens (tertiary/aromatic N) is 3. The SMILES string of the molecule is COc1nccc(N(C)c2ccc(C)c(C(=O)NCC3(O)CCCCC3)c2)n1. The van der Waals surface area contributed by atoms with E-state index in [1.54, 1.807) is 12.3 Å². The van der Waals surface area contributed by atoms with Gasteiger partial charge in [-0.3, -0.25) is 4.79 Å². The maximum atomic E-state index is 12.8. The van der Waals surface area contributed by atoms with Crippen molar-refractivity contribution in [2.75, 3.05) is 25.6 Å². The van der Waals surface area contributed by atoms with E-state index in [0.29, 0.717) is 11.4 Å². The van der Waals surface area contributed by atoms with E-state index in [-0.39, 0.29) is 18.5 Å². The molecular weight excluding hydrogens is 356 g/mol. The van der Waals surface area contributed by atoms with Gasteiger partial charge in [-0.1, -0.05) is 25.3 Å². The Balaban J connectivity index is 1.75. The molecule has 150 valence electrons. The number of aliphatic hydroxyl groups is 1. The summed E-state index contributed by atoms with van der Waals surface area (Å²) < 4.78 is 5.08. The molecule has 7 heteroatoms. The number of ether oxygens (including phenoxy) is 1. The van der Waals surface area contributed by atoms with Crippen LogP contribution in [0.3, 0.4) is 0 Å². The highest BCUT2D eigenvalue weighted by Crippen LogP contribution is 2.28. The Morgan fingerprint density at radius 2 is 2.04 bits per heavy atom. The molecule has 0 bridgehead atoms. The lowest BCUT2D eigenvalue weighted by Crippen LogP contribution is -2.44. The highest BCUT2D eigenvalue weighted by molar-refractivity contribution is 5.96. The number of rotatable bonds is 6. The van der Waals surface area contributed by atoms with Crippen LogP contribution < -0.4 is 15.0 Å². The van der Waals surface area contributed by atoms with Gasteiger partial charge in [0, 0.05) is 31.0 Å². The zero-order chi connectivity index (χ0) is 20.1. The minimum absolute atomic E-state index is 0.174. The average Bonchev–Trinajstić information content (AvgIpc) is 2.72. The maximum absolute atomic E-state index is 12.8. The summed E-state index contributed by atoms with van der Waals surface area (Å²) in [6.07, 6.45) is 6.28. The number of hydrogen-bond donors (Lipinski definition) is 2. The van der Waals surface area contributed by atoms with Gasteiger partial charge in [-0.05, 0) is 43.5 Å². The van der Waals surface area contributed by atoms with Gasteiger partial charge in [0.1, 0.15) is 5.82 Å². The Kier molecular flexibility index (Phi) is 6.14. The number of aromatic nitrogens is 2. The summed E-state index contributed by atoms with van der Waals surface area (Å²) in [6.45, 7) is 2.19. The van der Waals surface area contributed by atoms with E-state index in [1.807, 2.05) is 37.1 Å². The summed E-state index contributed by atoms with van der Waals surface area (Å²) in [4.78, 5) is 23.0. The number of methoxy groups -OCH3 is 1. The van der Waals surface area contributed by atoms with Crippen molar-refractivity contribution in [3.8, 4) is 6.01 Å². The van der Waals surface area contributed by atoms with Crippen LogP contribution >= 0.6 is 0 Å². The Morgan fingerprint density at radius 1 is 1.29 bits per heavy atom. The fourth-order valence-electron chi connectivity index (χ4n) is 3.54. The quantitative estimate of drug-likeness (QED) is 0.796. The number of aryl methyl sites for hydroxylation is 1. The van der Waals surface area contributed by atoms with Crippen LogP contribution in [0.4, 0.5) is 11.5 Å². The second-order valence-corrected chi connectivity index (χ2v) is 7.43. The molecule has 0 unspecified atom stereocenters. The molecule has 7 nitrogen and oxygen atoms in total. The van der Waals surface area contributed by atoms with Crippen LogP contribution in [0.25, 0.3) is 0 Å². The van der Waals surface area contributed by atoms with Crippen LogP contribution in [-0.2, 0) is 0 Å². The van der Waals surface area contributed by atoms with Gasteiger partial charge < -0.3 is 20.1 Å². The van der Waals surface area contributed by atoms with Crippen LogP contribution in [0.5, 0.6) is 6.01 Å². The van der Waals surface area contributed by atoms with Crippen molar-refractivity contribution in [2.24, 2.45) is 0 Å². The summed E-state index contributed by atoms with van der Waals surface area (Å²) >= 11 is 0. The van der Waals surface area contributed by atoms with E-state index in [4.69, 9.17) is 4.74 Å². The van der Waals surface area contributed by atoms with Crippen molar-refractivity contribution in [3.05, 3.63) is 41.6 Å². The van der Waals surface area contributed by atoms with E-state index in [0.717, 1.165) is 43.4 Å². The van der Waals surface area contributed by atoms with Gasteiger partial charge in [-0.15, -0.1) is 0 Å². The highest BCUT2D eigenvalue weighted by Gasteiger charge is 2.29. The number of hydrogen-bond acceptors (Lipinski definition) is 6. The van der Waals surface area contributed by atoms with Gasteiger partial charge in [0.05, 0.1) is 12.7 Å². The smallest absolute Gasteiger partial charge is 0.318 e. The topological polar surface area (TPSA) is 87.6 Å². The minimum atomic E-state index is -0.784. The second kappa shape index (κ2) is 8.56. The third kappa shape index (κ3) is 4.59. The number of carbonyl (C=O) groups is 1. The highest BCUT2D eigenvalue weighted by atomic mass is 16.5. The van der Waals surface area contributed by atoms with Gasteiger partial charge >= 0.3 is 6.01 Å². The molecule has 1 aliphatic carbocycles. The maximum Gasteiger partial charge on any atom is 0.318 e. The molecule has 1 fully saturated rings. The molecule has 0 spiro atoms. The third-order valence-corrected chi connectivity index (χ3v) is 5.36. The number of amides is 1. The number of nitrogens with one attached hydrogen (secondary N) is 1. The normalized spacial score (nSPS) is 15.7. The Morgan fingerprint density at radius 3 is 2.75 bits per heavy atom. The first kappa shape index (κ1) is 20.1. The Labute approximate surface area is 165 Å². The Bertz CT molecular complexity index is 834. The lowest BCUT2D eigenvalue weighted by atomic mass is 9.85. The molecule has 0 aliphatic heterocycles. The molecule has 1 aliphatic rings. The summed E-state index contributed by atoms with van der Waals surface area (Å²) in [5, 5.41) is 13.5. The molecule has 0 radical (unpaired) electrons. The summed E-state index contributed by atoms with van der Waals surface area (Å²) in [7, 11) is 3.40.